The number of methoxy groups -OCH3 is 4. The van der Waals surface area contributed by atoms with Gasteiger partial charge >= 0.3 is 11.9 Å². The molecular weight excluding hydrogens is 582 g/mol. The Bertz CT molecular complexity index is 1430. The van der Waals surface area contributed by atoms with Crippen LogP contribution in [0.3, 0.4) is 0 Å². The van der Waals surface area contributed by atoms with Crippen LogP contribution in [0.1, 0.15) is 37.0 Å². The minimum absolute atomic E-state index is 0.0105. The Kier molecular flexibility index (Phi) is 7.08. The van der Waals surface area contributed by atoms with Gasteiger partial charge in [0.15, 0.2) is 5.78 Å². The number of rotatable bonds is 9. The second-order valence-electron chi connectivity index (χ2n) is 13.9. The van der Waals surface area contributed by atoms with Gasteiger partial charge in [-0.15, -0.1) is 0 Å². The molecular formula is C34H43NO10. The third-order valence-electron chi connectivity index (χ3n) is 12.5. The monoisotopic (exact) mass is 625 g/mol. The summed E-state index contributed by atoms with van der Waals surface area (Å²) in [5.74, 6) is -2.13. The standard InChI is InChI=1S/C34H43NO10/c1-7-35-16-31(17-40-3)22(37)12-13-32-21-14-33(39)23(42-5)15-34(45-18(2)36,25(28(32)35)26(43-6)27(31)32)24(21)29(33)44-30(38)19-8-10-20(41-4)11-9-19/h8-13,21,23-29,39H,7,14-17H2,1-6H3/t21-,23+,24-,25?,26+,27-,28-,29-,31+,32-,33+,34-/m1/s1. The van der Waals surface area contributed by atoms with Gasteiger partial charge in [-0.2, -0.15) is 0 Å². The predicted molar refractivity (Wildman–Crippen MR) is 158 cm³/mol. The molecule has 5 fully saturated rings. The number of fused-ring (bicyclic) bond motifs is 2. The molecule has 1 N–H and O–H groups in total. The highest BCUT2D eigenvalue weighted by Gasteiger charge is 2.88. The Hall–Kier alpha value is -2.83. The molecule has 7 rings (SSSR count). The number of benzene rings is 1. The van der Waals surface area contributed by atoms with E-state index in [-0.39, 0.29) is 43.1 Å². The number of aliphatic hydroxyl groups is 1. The topological polar surface area (TPSA) is 130 Å². The number of allylic oxidation sites excluding steroid dienone is 1. The van der Waals surface area contributed by atoms with Crippen molar-refractivity contribution in [1.29, 1.82) is 0 Å². The third kappa shape index (κ3) is 3.67. The first kappa shape index (κ1) is 30.8. The Morgan fingerprint density at radius 3 is 2.38 bits per heavy atom. The Morgan fingerprint density at radius 1 is 1.04 bits per heavy atom. The van der Waals surface area contributed by atoms with E-state index in [1.165, 1.54) is 14.0 Å². The van der Waals surface area contributed by atoms with Crippen molar-refractivity contribution in [3.63, 3.8) is 0 Å². The summed E-state index contributed by atoms with van der Waals surface area (Å²) in [6, 6.07) is 6.43. The maximum absolute atomic E-state index is 14.0. The van der Waals surface area contributed by atoms with E-state index in [1.807, 2.05) is 6.08 Å². The van der Waals surface area contributed by atoms with Crippen molar-refractivity contribution in [1.82, 2.24) is 4.90 Å². The highest BCUT2D eigenvalue weighted by atomic mass is 16.6. The van der Waals surface area contributed by atoms with Gasteiger partial charge in [-0.05, 0) is 49.2 Å². The maximum Gasteiger partial charge on any atom is 0.338 e. The van der Waals surface area contributed by atoms with Crippen LogP contribution in [0.5, 0.6) is 5.75 Å². The average molecular weight is 626 g/mol. The Labute approximate surface area is 263 Å². The summed E-state index contributed by atoms with van der Waals surface area (Å²) < 4.78 is 36.4. The minimum atomic E-state index is -1.57. The molecule has 0 aromatic heterocycles. The molecule has 0 radical (unpaired) electrons. The fraction of sp³-hybridized carbons (Fsp3) is 0.676. The lowest BCUT2D eigenvalue weighted by Gasteiger charge is -2.65. The average Bonchev–Trinajstić information content (AvgIpc) is 3.39. The summed E-state index contributed by atoms with van der Waals surface area (Å²) in [7, 11) is 6.34. The summed E-state index contributed by atoms with van der Waals surface area (Å²) in [6.45, 7) is 4.80. The van der Waals surface area contributed by atoms with Crippen LogP contribution in [-0.2, 0) is 33.3 Å². The molecule has 1 aliphatic heterocycles. The van der Waals surface area contributed by atoms with Crippen LogP contribution in [0.4, 0.5) is 0 Å². The second-order valence-corrected chi connectivity index (χ2v) is 13.9. The molecule has 45 heavy (non-hydrogen) atoms. The number of likely N-dealkylation sites (tertiary alicyclic amines) is 1. The van der Waals surface area contributed by atoms with Gasteiger partial charge in [-0.3, -0.25) is 14.5 Å². The van der Waals surface area contributed by atoms with E-state index in [4.69, 9.17) is 28.4 Å². The number of esters is 2. The van der Waals surface area contributed by atoms with Crippen molar-refractivity contribution < 1.29 is 47.9 Å². The zero-order valence-corrected chi connectivity index (χ0v) is 26.7. The summed E-state index contributed by atoms with van der Waals surface area (Å²) in [5.41, 5.74) is -4.04. The predicted octanol–water partition coefficient (Wildman–Crippen LogP) is 2.05. The van der Waals surface area contributed by atoms with Gasteiger partial charge in [0, 0.05) is 70.4 Å². The van der Waals surface area contributed by atoms with Gasteiger partial charge < -0.3 is 33.5 Å². The second kappa shape index (κ2) is 10.3. The molecule has 1 unspecified atom stereocenters. The first-order chi connectivity index (χ1) is 21.5. The van der Waals surface area contributed by atoms with Crippen LogP contribution in [0.2, 0.25) is 0 Å². The van der Waals surface area contributed by atoms with Crippen molar-refractivity contribution in [2.24, 2.45) is 34.5 Å². The highest BCUT2D eigenvalue weighted by Crippen LogP contribution is 2.79. The molecule has 0 amide bonds. The van der Waals surface area contributed by atoms with Gasteiger partial charge in [0.25, 0.3) is 0 Å². The van der Waals surface area contributed by atoms with Crippen LogP contribution in [-0.4, -0.2) is 111 Å². The highest BCUT2D eigenvalue weighted by molar-refractivity contribution is 5.97. The lowest BCUT2D eigenvalue weighted by molar-refractivity contribution is -0.265. The molecule has 4 saturated carbocycles. The first-order valence-corrected chi connectivity index (χ1v) is 15.8. The van der Waals surface area contributed by atoms with E-state index in [9.17, 15) is 19.5 Å². The largest absolute Gasteiger partial charge is 0.497 e. The fourth-order valence-corrected chi connectivity index (χ4v) is 11.4. The van der Waals surface area contributed by atoms with Crippen LogP contribution >= 0.6 is 0 Å². The summed E-state index contributed by atoms with van der Waals surface area (Å²) >= 11 is 0. The summed E-state index contributed by atoms with van der Waals surface area (Å²) in [4.78, 5) is 43.3. The van der Waals surface area contributed by atoms with Crippen molar-refractivity contribution >= 4 is 17.7 Å². The smallest absolute Gasteiger partial charge is 0.338 e. The number of ketones is 1. The molecule has 7 bridgehead atoms. The fourth-order valence-electron chi connectivity index (χ4n) is 11.4. The number of piperidine rings is 1. The third-order valence-corrected chi connectivity index (χ3v) is 12.5. The molecule has 5 aliphatic carbocycles. The molecule has 6 aliphatic rings. The summed E-state index contributed by atoms with van der Waals surface area (Å²) in [5, 5.41) is 12.6. The molecule has 1 heterocycles. The zero-order chi connectivity index (χ0) is 32.1. The van der Waals surface area contributed by atoms with Gasteiger partial charge in [0.2, 0.25) is 0 Å². The van der Waals surface area contributed by atoms with Crippen LogP contribution < -0.4 is 4.74 Å². The number of carbonyl (C=O) groups excluding carboxylic acids is 3. The van der Waals surface area contributed by atoms with Crippen LogP contribution in [0, 0.1) is 34.5 Å². The lowest BCUT2D eigenvalue weighted by Crippen LogP contribution is -2.75. The number of ether oxygens (including phenoxy) is 6. The van der Waals surface area contributed by atoms with Gasteiger partial charge in [0.1, 0.15) is 23.1 Å². The quantitative estimate of drug-likeness (QED) is 0.405. The molecule has 12 atom stereocenters. The summed E-state index contributed by atoms with van der Waals surface area (Å²) in [6.07, 6.45) is 1.84. The Balaban J connectivity index is 1.45. The zero-order valence-electron chi connectivity index (χ0n) is 26.7. The number of hydrogen-bond donors (Lipinski definition) is 1. The van der Waals surface area contributed by atoms with E-state index < -0.39 is 64.1 Å². The molecule has 1 aromatic carbocycles. The van der Waals surface area contributed by atoms with Crippen molar-refractivity contribution in [2.75, 3.05) is 48.1 Å². The number of nitrogens with zero attached hydrogens (tertiary/aromatic N) is 1. The maximum atomic E-state index is 14.0. The first-order valence-electron chi connectivity index (χ1n) is 15.8. The van der Waals surface area contributed by atoms with Gasteiger partial charge in [0.05, 0.1) is 36.9 Å². The van der Waals surface area contributed by atoms with Crippen molar-refractivity contribution in [3.05, 3.63) is 42.0 Å². The molecule has 1 saturated heterocycles. The van der Waals surface area contributed by atoms with Crippen molar-refractivity contribution in [2.45, 2.75) is 62.2 Å². The molecule has 11 nitrogen and oxygen atoms in total. The van der Waals surface area contributed by atoms with E-state index in [0.29, 0.717) is 24.4 Å². The van der Waals surface area contributed by atoms with Gasteiger partial charge in [-0.1, -0.05) is 13.0 Å². The normalized spacial score (nSPS) is 45.4. The Morgan fingerprint density at radius 2 is 1.78 bits per heavy atom. The lowest BCUT2D eigenvalue weighted by atomic mass is 9.46. The molecule has 1 spiro atoms. The molecule has 1 aromatic rings. The van der Waals surface area contributed by atoms with E-state index >= 15 is 0 Å². The van der Waals surface area contributed by atoms with E-state index in [1.54, 1.807) is 51.7 Å². The van der Waals surface area contributed by atoms with Gasteiger partial charge in [-0.25, -0.2) is 4.79 Å². The number of hydrogen-bond acceptors (Lipinski definition) is 11. The van der Waals surface area contributed by atoms with E-state index in [0.717, 1.165) is 0 Å². The molecule has 244 valence electrons. The minimum Gasteiger partial charge on any atom is -0.497 e. The number of carbonyl (C=O) groups is 3. The van der Waals surface area contributed by atoms with Crippen LogP contribution in [0.25, 0.3) is 0 Å². The van der Waals surface area contributed by atoms with Crippen LogP contribution in [0.15, 0.2) is 36.4 Å². The molecule has 11 heteroatoms. The SMILES string of the molecule is CCN1C[C@]2(COC)C(=O)C=C[C@@]34[C@@H]5C[C@]6(O)[C@@H](OC)C[C@](OC(C)=O)(C([C@H](OC)[C@H]23)[C@@H]14)[C@H]5[C@H]6OC(=O)c1ccc(OC)cc1. The van der Waals surface area contributed by atoms with Crippen molar-refractivity contribution in [3.8, 4) is 5.75 Å². The van der Waals surface area contributed by atoms with E-state index in [2.05, 4.69) is 11.8 Å².